The lowest BCUT2D eigenvalue weighted by Gasteiger charge is -2.14. The van der Waals surface area contributed by atoms with Crippen LogP contribution in [0.4, 0.5) is 0 Å². The summed E-state index contributed by atoms with van der Waals surface area (Å²) in [4.78, 5) is 0. The molecule has 1 heterocycles. The molecular weight excluding hydrogens is 214 g/mol. The molecule has 2 atom stereocenters. The Balaban J connectivity index is 2.07. The first-order valence-corrected chi connectivity index (χ1v) is 6.37. The van der Waals surface area contributed by atoms with Gasteiger partial charge in [-0.05, 0) is 29.7 Å². The Labute approximate surface area is 94.0 Å². The van der Waals surface area contributed by atoms with Crippen LogP contribution in [0.15, 0.2) is 24.3 Å². The van der Waals surface area contributed by atoms with Crippen LogP contribution in [-0.4, -0.2) is 17.5 Å². The molecule has 1 aromatic rings. The topological polar surface area (TPSA) is 26.0 Å². The fraction of sp³-hybridized carbons (Fsp3) is 0.455. The summed E-state index contributed by atoms with van der Waals surface area (Å²) in [6.07, 6.45) is 1.02. The van der Waals surface area contributed by atoms with E-state index in [2.05, 4.69) is 6.07 Å². The Morgan fingerprint density at radius 2 is 2.14 bits per heavy atom. The molecule has 0 saturated carbocycles. The van der Waals surface area contributed by atoms with Crippen molar-refractivity contribution in [3.8, 4) is 0 Å². The third-order valence-electron chi connectivity index (χ3n) is 2.69. The van der Waals surface area contributed by atoms with E-state index in [1.165, 1.54) is 11.3 Å². The summed E-state index contributed by atoms with van der Waals surface area (Å²) in [6, 6.07) is 8.39. The molecular formula is C11H14ClNS. The lowest BCUT2D eigenvalue weighted by molar-refractivity contribution is 0.515. The second-order valence-electron chi connectivity index (χ2n) is 3.76. The monoisotopic (exact) mass is 227 g/mol. The van der Waals surface area contributed by atoms with E-state index in [1.54, 1.807) is 0 Å². The molecule has 0 aromatic heterocycles. The summed E-state index contributed by atoms with van der Waals surface area (Å²) in [5.74, 6) is 2.86. The highest BCUT2D eigenvalue weighted by Gasteiger charge is 2.24. The van der Waals surface area contributed by atoms with E-state index in [1.807, 2.05) is 30.0 Å². The van der Waals surface area contributed by atoms with Gasteiger partial charge in [0.2, 0.25) is 0 Å². The minimum Gasteiger partial charge on any atom is -0.327 e. The van der Waals surface area contributed by atoms with Gasteiger partial charge in [-0.1, -0.05) is 29.8 Å². The highest BCUT2D eigenvalue weighted by Crippen LogP contribution is 2.28. The summed E-state index contributed by atoms with van der Waals surface area (Å²) in [5, 5.41) is 0.872. The molecule has 14 heavy (non-hydrogen) atoms. The van der Waals surface area contributed by atoms with Crippen LogP contribution in [0.3, 0.4) is 0 Å². The Kier molecular flexibility index (Phi) is 3.37. The van der Waals surface area contributed by atoms with Crippen molar-refractivity contribution in [3.05, 3.63) is 34.9 Å². The quantitative estimate of drug-likeness (QED) is 0.841. The largest absolute Gasteiger partial charge is 0.327 e. The van der Waals surface area contributed by atoms with E-state index in [0.717, 1.165) is 17.2 Å². The van der Waals surface area contributed by atoms with E-state index in [0.29, 0.717) is 12.0 Å². The summed E-state index contributed by atoms with van der Waals surface area (Å²) >= 11 is 8.05. The van der Waals surface area contributed by atoms with Crippen LogP contribution < -0.4 is 5.73 Å². The molecule has 1 aromatic carbocycles. The van der Waals surface area contributed by atoms with Gasteiger partial charge in [0.05, 0.1) is 0 Å². The normalized spacial score (nSPS) is 26.7. The van der Waals surface area contributed by atoms with Crippen LogP contribution in [0.5, 0.6) is 0 Å². The maximum absolute atomic E-state index is 6.10. The fourth-order valence-corrected chi connectivity index (χ4v) is 3.33. The molecule has 0 bridgehead atoms. The number of nitrogens with two attached hydrogens (primary N) is 1. The van der Waals surface area contributed by atoms with E-state index < -0.39 is 0 Å². The lowest BCUT2D eigenvalue weighted by atomic mass is 9.96. The maximum atomic E-state index is 6.10. The average molecular weight is 228 g/mol. The molecule has 0 aliphatic carbocycles. The Morgan fingerprint density at radius 3 is 2.79 bits per heavy atom. The Bertz CT molecular complexity index is 316. The first kappa shape index (κ1) is 10.3. The predicted molar refractivity (Wildman–Crippen MR) is 63.9 cm³/mol. The Morgan fingerprint density at radius 1 is 1.36 bits per heavy atom. The van der Waals surface area contributed by atoms with Crippen LogP contribution >= 0.6 is 23.4 Å². The fourth-order valence-electron chi connectivity index (χ4n) is 1.77. The molecule has 1 saturated heterocycles. The van der Waals surface area contributed by atoms with Gasteiger partial charge < -0.3 is 5.73 Å². The zero-order chi connectivity index (χ0) is 9.97. The predicted octanol–water partition coefficient (Wildman–Crippen LogP) is 2.57. The number of hydrogen-bond donors (Lipinski definition) is 1. The SMILES string of the molecule is NC1CSCC1Cc1ccccc1Cl. The first-order chi connectivity index (χ1) is 6.77. The van der Waals surface area contributed by atoms with Crippen molar-refractivity contribution in [1.29, 1.82) is 0 Å². The van der Waals surface area contributed by atoms with Crippen LogP contribution in [0, 0.1) is 5.92 Å². The smallest absolute Gasteiger partial charge is 0.0438 e. The van der Waals surface area contributed by atoms with Gasteiger partial charge in [-0.15, -0.1) is 0 Å². The summed E-state index contributed by atoms with van der Waals surface area (Å²) in [5.41, 5.74) is 7.25. The van der Waals surface area contributed by atoms with Crippen molar-refractivity contribution >= 4 is 23.4 Å². The molecule has 1 aliphatic heterocycles. The van der Waals surface area contributed by atoms with Crippen LogP contribution in [-0.2, 0) is 6.42 Å². The van der Waals surface area contributed by atoms with Gasteiger partial charge in [-0.3, -0.25) is 0 Å². The van der Waals surface area contributed by atoms with E-state index in [9.17, 15) is 0 Å². The molecule has 1 fully saturated rings. The van der Waals surface area contributed by atoms with E-state index in [-0.39, 0.29) is 0 Å². The van der Waals surface area contributed by atoms with Gasteiger partial charge in [0, 0.05) is 16.8 Å². The third kappa shape index (κ3) is 2.25. The van der Waals surface area contributed by atoms with Gasteiger partial charge in [0.1, 0.15) is 0 Å². The first-order valence-electron chi connectivity index (χ1n) is 4.84. The summed E-state index contributed by atoms with van der Waals surface area (Å²) < 4.78 is 0. The van der Waals surface area contributed by atoms with Gasteiger partial charge in [0.15, 0.2) is 0 Å². The van der Waals surface area contributed by atoms with E-state index in [4.69, 9.17) is 17.3 Å². The van der Waals surface area contributed by atoms with E-state index >= 15 is 0 Å². The molecule has 1 nitrogen and oxygen atoms in total. The van der Waals surface area contributed by atoms with Crippen molar-refractivity contribution in [3.63, 3.8) is 0 Å². The minimum absolute atomic E-state index is 0.344. The van der Waals surface area contributed by atoms with Crippen molar-refractivity contribution in [1.82, 2.24) is 0 Å². The molecule has 76 valence electrons. The van der Waals surface area contributed by atoms with Gasteiger partial charge >= 0.3 is 0 Å². The van der Waals surface area contributed by atoms with Crippen molar-refractivity contribution in [2.24, 2.45) is 11.7 Å². The van der Waals surface area contributed by atoms with Gasteiger partial charge in [0.25, 0.3) is 0 Å². The third-order valence-corrected chi connectivity index (χ3v) is 4.34. The highest BCUT2D eigenvalue weighted by molar-refractivity contribution is 7.99. The van der Waals surface area contributed by atoms with Crippen LogP contribution in [0.1, 0.15) is 5.56 Å². The number of hydrogen-bond acceptors (Lipinski definition) is 2. The van der Waals surface area contributed by atoms with Crippen molar-refractivity contribution < 1.29 is 0 Å². The lowest BCUT2D eigenvalue weighted by Crippen LogP contribution is -2.29. The number of benzene rings is 1. The van der Waals surface area contributed by atoms with Crippen molar-refractivity contribution in [2.45, 2.75) is 12.5 Å². The van der Waals surface area contributed by atoms with Crippen molar-refractivity contribution in [2.75, 3.05) is 11.5 Å². The molecule has 2 unspecified atom stereocenters. The molecule has 2 N–H and O–H groups in total. The molecule has 0 radical (unpaired) electrons. The second-order valence-corrected chi connectivity index (χ2v) is 5.24. The van der Waals surface area contributed by atoms with Gasteiger partial charge in [-0.25, -0.2) is 0 Å². The highest BCUT2D eigenvalue weighted by atomic mass is 35.5. The number of halogens is 1. The average Bonchev–Trinajstić information content (AvgIpc) is 2.56. The second kappa shape index (κ2) is 4.56. The maximum Gasteiger partial charge on any atom is 0.0438 e. The van der Waals surface area contributed by atoms with Crippen LogP contribution in [0.25, 0.3) is 0 Å². The standard InChI is InChI=1S/C11H14ClNS/c12-10-4-2-1-3-8(10)5-9-6-14-7-11(9)13/h1-4,9,11H,5-7,13H2. The molecule has 0 spiro atoms. The Hall–Kier alpha value is -0.180. The zero-order valence-electron chi connectivity index (χ0n) is 7.95. The number of thioether (sulfide) groups is 1. The molecule has 3 heteroatoms. The summed E-state index contributed by atoms with van der Waals surface area (Å²) in [6.45, 7) is 0. The molecule has 2 rings (SSSR count). The molecule has 1 aliphatic rings. The molecule has 0 amide bonds. The van der Waals surface area contributed by atoms with Crippen LogP contribution in [0.2, 0.25) is 5.02 Å². The minimum atomic E-state index is 0.344. The van der Waals surface area contributed by atoms with Gasteiger partial charge in [-0.2, -0.15) is 11.8 Å². The zero-order valence-corrected chi connectivity index (χ0v) is 9.52. The summed E-state index contributed by atoms with van der Waals surface area (Å²) in [7, 11) is 0. The number of rotatable bonds is 2.